The fraction of sp³-hybridized carbons (Fsp3) is 0.560. The SMILES string of the molecule is COC(O)Cn1c(C)c(Cc2ccccc2S(=O)(=O)N2CCCC2)c2c1CC(C)(C)CC2=O. The highest BCUT2D eigenvalue weighted by atomic mass is 32.2. The molecule has 1 aliphatic carbocycles. The first-order chi connectivity index (χ1) is 15.5. The minimum absolute atomic E-state index is 0.0740. The molecule has 7 nitrogen and oxygen atoms in total. The maximum absolute atomic E-state index is 13.4. The fourth-order valence-corrected chi connectivity index (χ4v) is 7.00. The van der Waals surface area contributed by atoms with E-state index >= 15 is 0 Å². The van der Waals surface area contributed by atoms with E-state index in [1.807, 2.05) is 23.6 Å². The number of carbonyl (C=O) groups excluding carboxylic acids is 1. The van der Waals surface area contributed by atoms with Crippen molar-refractivity contribution in [2.45, 2.75) is 70.6 Å². The summed E-state index contributed by atoms with van der Waals surface area (Å²) in [6, 6.07) is 7.11. The van der Waals surface area contributed by atoms with E-state index in [2.05, 4.69) is 13.8 Å². The number of methoxy groups -OCH3 is 1. The largest absolute Gasteiger partial charge is 0.366 e. The summed E-state index contributed by atoms with van der Waals surface area (Å²) in [4.78, 5) is 13.6. The second kappa shape index (κ2) is 8.98. The number of ether oxygens (including phenoxy) is 1. The summed E-state index contributed by atoms with van der Waals surface area (Å²) in [5, 5.41) is 10.2. The summed E-state index contributed by atoms with van der Waals surface area (Å²) < 4.78 is 35.4. The highest BCUT2D eigenvalue weighted by Gasteiger charge is 2.37. The van der Waals surface area contributed by atoms with Gasteiger partial charge in [0.2, 0.25) is 10.0 Å². The molecule has 8 heteroatoms. The third-order valence-corrected chi connectivity index (χ3v) is 8.95. The van der Waals surface area contributed by atoms with Gasteiger partial charge in [-0.05, 0) is 48.8 Å². The van der Waals surface area contributed by atoms with Gasteiger partial charge in [-0.2, -0.15) is 4.31 Å². The number of fused-ring (bicyclic) bond motifs is 1. The van der Waals surface area contributed by atoms with Crippen LogP contribution in [0, 0.1) is 12.3 Å². The van der Waals surface area contributed by atoms with Crippen molar-refractivity contribution in [3.63, 3.8) is 0 Å². The predicted molar refractivity (Wildman–Crippen MR) is 126 cm³/mol. The van der Waals surface area contributed by atoms with Crippen LogP contribution in [-0.2, 0) is 34.1 Å². The van der Waals surface area contributed by atoms with E-state index in [9.17, 15) is 18.3 Å². The molecular weight excluding hydrogens is 440 g/mol. The van der Waals surface area contributed by atoms with Crippen molar-refractivity contribution in [1.29, 1.82) is 0 Å². The smallest absolute Gasteiger partial charge is 0.243 e. The molecule has 2 aliphatic rings. The summed E-state index contributed by atoms with van der Waals surface area (Å²) in [5.74, 6) is 0.0740. The molecule has 1 atom stereocenters. The van der Waals surface area contributed by atoms with E-state index in [1.165, 1.54) is 7.11 Å². The van der Waals surface area contributed by atoms with Crippen molar-refractivity contribution in [2.75, 3.05) is 20.2 Å². The number of aliphatic hydroxyl groups excluding tert-OH is 1. The zero-order valence-corrected chi connectivity index (χ0v) is 20.7. The molecule has 0 amide bonds. The number of sulfonamides is 1. The van der Waals surface area contributed by atoms with Crippen LogP contribution in [-0.4, -0.2) is 54.7 Å². The van der Waals surface area contributed by atoms with Gasteiger partial charge in [0, 0.05) is 50.0 Å². The summed E-state index contributed by atoms with van der Waals surface area (Å²) in [6.07, 6.45) is 2.26. The number of rotatable bonds is 7. The molecule has 180 valence electrons. The van der Waals surface area contributed by atoms with Gasteiger partial charge in [0.15, 0.2) is 12.1 Å². The lowest BCUT2D eigenvalue weighted by Gasteiger charge is -2.30. The van der Waals surface area contributed by atoms with E-state index in [0.29, 0.717) is 48.4 Å². The van der Waals surface area contributed by atoms with Crippen molar-refractivity contribution in [1.82, 2.24) is 8.87 Å². The summed E-state index contributed by atoms with van der Waals surface area (Å²) in [6.45, 7) is 7.40. The van der Waals surface area contributed by atoms with Crippen LogP contribution in [0.5, 0.6) is 0 Å². The van der Waals surface area contributed by atoms with Crippen LogP contribution in [0.25, 0.3) is 0 Å². The van der Waals surface area contributed by atoms with Crippen molar-refractivity contribution in [3.05, 3.63) is 52.3 Å². The minimum Gasteiger partial charge on any atom is -0.366 e. The normalized spacial score (nSPS) is 19.6. The molecule has 0 spiro atoms. The number of hydrogen-bond donors (Lipinski definition) is 1. The van der Waals surface area contributed by atoms with Gasteiger partial charge in [-0.1, -0.05) is 32.0 Å². The standard InChI is InChI=1S/C25H34N2O5S/c1-17-19(13-18-9-5-6-10-22(18)33(30,31)26-11-7-8-12-26)24-20(27(17)16-23(29)32-4)14-25(2,3)15-21(24)28/h5-6,9-10,23,29H,7-8,11-16H2,1-4H3. The maximum atomic E-state index is 13.4. The topological polar surface area (TPSA) is 88.8 Å². The zero-order valence-electron chi connectivity index (χ0n) is 19.9. The lowest BCUT2D eigenvalue weighted by atomic mass is 9.75. The summed E-state index contributed by atoms with van der Waals surface area (Å²) in [7, 11) is -2.14. The Morgan fingerprint density at radius 3 is 2.48 bits per heavy atom. The van der Waals surface area contributed by atoms with Gasteiger partial charge < -0.3 is 14.4 Å². The first-order valence-corrected chi connectivity index (χ1v) is 13.0. The molecule has 2 heterocycles. The molecule has 1 N–H and O–H groups in total. The number of hydrogen-bond acceptors (Lipinski definition) is 5. The Bertz CT molecular complexity index is 1160. The molecule has 1 saturated heterocycles. The van der Waals surface area contributed by atoms with Crippen molar-refractivity contribution in [3.8, 4) is 0 Å². The van der Waals surface area contributed by atoms with Gasteiger partial charge in [-0.15, -0.1) is 0 Å². The average Bonchev–Trinajstić information content (AvgIpc) is 3.37. The molecule has 33 heavy (non-hydrogen) atoms. The third-order valence-electron chi connectivity index (χ3n) is 6.96. The second-order valence-electron chi connectivity index (χ2n) is 10.0. The lowest BCUT2D eigenvalue weighted by molar-refractivity contribution is -0.0842. The molecule has 1 fully saturated rings. The quantitative estimate of drug-likeness (QED) is 0.622. The van der Waals surface area contributed by atoms with Crippen molar-refractivity contribution in [2.24, 2.45) is 5.41 Å². The summed E-state index contributed by atoms with van der Waals surface area (Å²) >= 11 is 0. The third kappa shape index (κ3) is 4.54. The molecule has 2 aromatic rings. The van der Waals surface area contributed by atoms with Gasteiger partial charge in [-0.25, -0.2) is 8.42 Å². The van der Waals surface area contributed by atoms with Gasteiger partial charge in [0.05, 0.1) is 11.4 Å². The Labute approximate surface area is 196 Å². The van der Waals surface area contributed by atoms with E-state index in [0.717, 1.165) is 29.8 Å². The molecule has 4 rings (SSSR count). The molecular formula is C25H34N2O5S. The number of aromatic nitrogens is 1. The van der Waals surface area contributed by atoms with Crippen LogP contribution in [0.2, 0.25) is 0 Å². The lowest BCUT2D eigenvalue weighted by Crippen LogP contribution is -2.30. The van der Waals surface area contributed by atoms with Gasteiger partial charge in [0.25, 0.3) is 0 Å². The van der Waals surface area contributed by atoms with E-state index in [1.54, 1.807) is 16.4 Å². The van der Waals surface area contributed by atoms with Gasteiger partial charge in [-0.3, -0.25) is 4.79 Å². The van der Waals surface area contributed by atoms with Crippen LogP contribution in [0.1, 0.15) is 66.0 Å². The summed E-state index contributed by atoms with van der Waals surface area (Å²) in [5.41, 5.74) is 3.81. The monoisotopic (exact) mass is 474 g/mol. The Kier molecular flexibility index (Phi) is 6.57. The van der Waals surface area contributed by atoms with Crippen LogP contribution >= 0.6 is 0 Å². The van der Waals surface area contributed by atoms with Gasteiger partial charge in [0.1, 0.15) is 0 Å². The number of benzene rings is 1. The maximum Gasteiger partial charge on any atom is 0.243 e. The van der Waals surface area contributed by atoms with E-state index in [-0.39, 0.29) is 17.7 Å². The van der Waals surface area contributed by atoms with Gasteiger partial charge >= 0.3 is 0 Å². The zero-order chi connectivity index (χ0) is 24.0. The number of ketones is 1. The van der Waals surface area contributed by atoms with Crippen LogP contribution in [0.3, 0.4) is 0 Å². The molecule has 0 radical (unpaired) electrons. The fourth-order valence-electron chi connectivity index (χ4n) is 5.26. The number of Topliss-reactive ketones (excluding diaryl/α,β-unsaturated/α-hetero) is 1. The van der Waals surface area contributed by atoms with Crippen LogP contribution in [0.15, 0.2) is 29.2 Å². The second-order valence-corrected chi connectivity index (χ2v) is 11.9. The Morgan fingerprint density at radius 1 is 1.15 bits per heavy atom. The molecule has 1 unspecified atom stereocenters. The molecule has 0 saturated carbocycles. The van der Waals surface area contributed by atoms with E-state index in [4.69, 9.17) is 4.74 Å². The molecule has 1 aromatic carbocycles. The molecule has 1 aromatic heterocycles. The Morgan fingerprint density at radius 2 is 1.82 bits per heavy atom. The first-order valence-electron chi connectivity index (χ1n) is 11.6. The number of carbonyl (C=O) groups is 1. The number of aliphatic hydroxyl groups is 1. The molecule has 1 aliphatic heterocycles. The van der Waals surface area contributed by atoms with Crippen LogP contribution < -0.4 is 0 Å². The van der Waals surface area contributed by atoms with Crippen molar-refractivity contribution < 1.29 is 23.1 Å². The first kappa shape index (κ1) is 24.1. The Hall–Kier alpha value is -2.00. The molecule has 0 bridgehead atoms. The van der Waals surface area contributed by atoms with Crippen LogP contribution in [0.4, 0.5) is 0 Å². The highest BCUT2D eigenvalue weighted by molar-refractivity contribution is 7.89. The predicted octanol–water partition coefficient (Wildman–Crippen LogP) is 3.29. The van der Waals surface area contributed by atoms with Crippen molar-refractivity contribution >= 4 is 15.8 Å². The van der Waals surface area contributed by atoms with E-state index < -0.39 is 16.3 Å². The average molecular weight is 475 g/mol. The number of nitrogens with zero attached hydrogens (tertiary/aromatic N) is 2. The Balaban J connectivity index is 1.81. The highest BCUT2D eigenvalue weighted by Crippen LogP contribution is 2.40. The minimum atomic E-state index is -3.59.